The number of nitrogen functional groups attached to an aromatic ring is 1. The van der Waals surface area contributed by atoms with Crippen LogP contribution in [-0.4, -0.2) is 6.54 Å². The van der Waals surface area contributed by atoms with Crippen molar-refractivity contribution in [2.45, 2.75) is 25.8 Å². The average molecular weight is 225 g/mol. The third-order valence-electron chi connectivity index (χ3n) is 2.82. The van der Waals surface area contributed by atoms with E-state index in [0.717, 1.165) is 19.0 Å². The molecule has 1 aromatic rings. The van der Waals surface area contributed by atoms with Gasteiger partial charge in [-0.05, 0) is 36.6 Å². The summed E-state index contributed by atoms with van der Waals surface area (Å²) in [6.45, 7) is 1.99. The van der Waals surface area contributed by atoms with E-state index < -0.39 is 0 Å². The molecule has 1 aliphatic rings. The Morgan fingerprint density at radius 2 is 2.20 bits per heavy atom. The quantitative estimate of drug-likeness (QED) is 0.596. The van der Waals surface area contributed by atoms with Gasteiger partial charge in [0.05, 0.1) is 10.7 Å². The van der Waals surface area contributed by atoms with E-state index in [-0.39, 0.29) is 0 Å². The van der Waals surface area contributed by atoms with Gasteiger partial charge < -0.3 is 11.1 Å². The number of anilines is 1. The molecule has 82 valence electrons. The summed E-state index contributed by atoms with van der Waals surface area (Å²) in [7, 11) is 0. The molecule has 0 heterocycles. The highest BCUT2D eigenvalue weighted by molar-refractivity contribution is 6.33. The van der Waals surface area contributed by atoms with Crippen LogP contribution >= 0.6 is 11.6 Å². The Morgan fingerprint density at radius 3 is 2.87 bits per heavy atom. The standard InChI is InChI=1S/C12H17ClN2/c13-11-7-10(3-4-12(11)14)8-15-6-5-9-1-2-9/h3-4,7,9,15H,1-2,5-6,8,14H2. The summed E-state index contributed by atoms with van der Waals surface area (Å²) in [4.78, 5) is 0. The summed E-state index contributed by atoms with van der Waals surface area (Å²) < 4.78 is 0. The highest BCUT2D eigenvalue weighted by Crippen LogP contribution is 2.31. The molecule has 0 radical (unpaired) electrons. The maximum atomic E-state index is 5.93. The first-order valence-electron chi connectivity index (χ1n) is 5.50. The van der Waals surface area contributed by atoms with Crippen molar-refractivity contribution < 1.29 is 0 Å². The summed E-state index contributed by atoms with van der Waals surface area (Å²) in [5.74, 6) is 0.993. The second-order valence-electron chi connectivity index (χ2n) is 4.26. The zero-order valence-electron chi connectivity index (χ0n) is 8.80. The molecule has 0 saturated heterocycles. The molecule has 1 saturated carbocycles. The molecular formula is C12H17ClN2. The van der Waals surface area contributed by atoms with Gasteiger partial charge >= 0.3 is 0 Å². The molecule has 0 bridgehead atoms. The van der Waals surface area contributed by atoms with Crippen molar-refractivity contribution in [1.82, 2.24) is 5.32 Å². The minimum absolute atomic E-state index is 0.650. The van der Waals surface area contributed by atoms with Gasteiger partial charge in [-0.25, -0.2) is 0 Å². The number of hydrogen-bond donors (Lipinski definition) is 2. The van der Waals surface area contributed by atoms with Crippen LogP contribution in [0.1, 0.15) is 24.8 Å². The van der Waals surface area contributed by atoms with Crippen LogP contribution in [-0.2, 0) is 6.54 Å². The lowest BCUT2D eigenvalue weighted by atomic mass is 10.2. The third-order valence-corrected chi connectivity index (χ3v) is 3.15. The summed E-state index contributed by atoms with van der Waals surface area (Å²) in [6, 6.07) is 5.81. The Morgan fingerprint density at radius 1 is 1.40 bits per heavy atom. The van der Waals surface area contributed by atoms with Gasteiger partial charge in [-0.15, -0.1) is 0 Å². The van der Waals surface area contributed by atoms with Crippen LogP contribution in [0.4, 0.5) is 5.69 Å². The van der Waals surface area contributed by atoms with Crippen molar-refractivity contribution in [2.75, 3.05) is 12.3 Å². The van der Waals surface area contributed by atoms with Crippen molar-refractivity contribution in [2.24, 2.45) is 5.92 Å². The van der Waals surface area contributed by atoms with Crippen LogP contribution in [0.3, 0.4) is 0 Å². The molecule has 3 N–H and O–H groups in total. The first-order chi connectivity index (χ1) is 7.25. The Bertz CT molecular complexity index is 334. The first-order valence-corrected chi connectivity index (χ1v) is 5.88. The van der Waals surface area contributed by atoms with Crippen molar-refractivity contribution in [1.29, 1.82) is 0 Å². The molecule has 1 aromatic carbocycles. The first kappa shape index (κ1) is 10.8. The monoisotopic (exact) mass is 224 g/mol. The van der Waals surface area contributed by atoms with E-state index in [9.17, 15) is 0 Å². The Balaban J connectivity index is 1.74. The number of nitrogens with one attached hydrogen (secondary N) is 1. The number of nitrogens with two attached hydrogens (primary N) is 1. The van der Waals surface area contributed by atoms with E-state index in [1.54, 1.807) is 0 Å². The summed E-state index contributed by atoms with van der Waals surface area (Å²) in [5, 5.41) is 4.07. The summed E-state index contributed by atoms with van der Waals surface area (Å²) in [6.07, 6.45) is 4.16. The predicted octanol–water partition coefficient (Wildman–Crippen LogP) is 2.81. The van der Waals surface area contributed by atoms with Gasteiger partial charge in [-0.1, -0.05) is 30.5 Å². The van der Waals surface area contributed by atoms with Gasteiger partial charge in [-0.3, -0.25) is 0 Å². The van der Waals surface area contributed by atoms with Crippen molar-refractivity contribution in [3.63, 3.8) is 0 Å². The SMILES string of the molecule is Nc1ccc(CNCCC2CC2)cc1Cl. The predicted molar refractivity (Wildman–Crippen MR) is 64.9 cm³/mol. The van der Waals surface area contributed by atoms with Gasteiger partial charge in [-0.2, -0.15) is 0 Å². The highest BCUT2D eigenvalue weighted by atomic mass is 35.5. The van der Waals surface area contributed by atoms with E-state index in [0.29, 0.717) is 10.7 Å². The molecule has 0 unspecified atom stereocenters. The van der Waals surface area contributed by atoms with E-state index in [4.69, 9.17) is 17.3 Å². The largest absolute Gasteiger partial charge is 0.398 e. The minimum atomic E-state index is 0.650. The fourth-order valence-corrected chi connectivity index (χ4v) is 1.83. The number of hydrogen-bond acceptors (Lipinski definition) is 2. The molecule has 2 nitrogen and oxygen atoms in total. The number of benzene rings is 1. The van der Waals surface area contributed by atoms with E-state index in [1.165, 1.54) is 24.8 Å². The lowest BCUT2D eigenvalue weighted by Crippen LogP contribution is -2.15. The lowest BCUT2D eigenvalue weighted by molar-refractivity contribution is 0.613. The van der Waals surface area contributed by atoms with Gasteiger partial charge in [0.15, 0.2) is 0 Å². The number of halogens is 1. The lowest BCUT2D eigenvalue weighted by Gasteiger charge is -2.05. The van der Waals surface area contributed by atoms with E-state index in [2.05, 4.69) is 5.32 Å². The Labute approximate surface area is 95.8 Å². The van der Waals surface area contributed by atoms with Crippen LogP contribution in [0, 0.1) is 5.92 Å². The summed E-state index contributed by atoms with van der Waals surface area (Å²) >= 11 is 5.93. The van der Waals surface area contributed by atoms with Crippen LogP contribution in [0.25, 0.3) is 0 Å². The highest BCUT2D eigenvalue weighted by Gasteiger charge is 2.19. The molecule has 0 spiro atoms. The van der Waals surface area contributed by atoms with Crippen LogP contribution in [0.2, 0.25) is 5.02 Å². The average Bonchev–Trinajstić information content (AvgIpc) is 3.02. The Hall–Kier alpha value is -0.730. The van der Waals surface area contributed by atoms with Gasteiger partial charge in [0, 0.05) is 6.54 Å². The maximum Gasteiger partial charge on any atom is 0.0638 e. The van der Waals surface area contributed by atoms with Crippen LogP contribution in [0.15, 0.2) is 18.2 Å². The molecule has 0 atom stereocenters. The van der Waals surface area contributed by atoms with Crippen molar-refractivity contribution in [3.05, 3.63) is 28.8 Å². The van der Waals surface area contributed by atoms with Gasteiger partial charge in [0.2, 0.25) is 0 Å². The van der Waals surface area contributed by atoms with E-state index in [1.807, 2.05) is 18.2 Å². The summed E-state index contributed by atoms with van der Waals surface area (Å²) in [5.41, 5.74) is 7.49. The minimum Gasteiger partial charge on any atom is -0.398 e. The topological polar surface area (TPSA) is 38.0 Å². The molecule has 1 aliphatic carbocycles. The molecule has 0 aliphatic heterocycles. The fourth-order valence-electron chi connectivity index (χ4n) is 1.63. The second-order valence-corrected chi connectivity index (χ2v) is 4.67. The zero-order valence-corrected chi connectivity index (χ0v) is 9.56. The fraction of sp³-hybridized carbons (Fsp3) is 0.500. The van der Waals surface area contributed by atoms with Crippen LogP contribution in [0.5, 0.6) is 0 Å². The molecule has 2 rings (SSSR count). The molecule has 3 heteroatoms. The maximum absolute atomic E-state index is 5.93. The zero-order chi connectivity index (χ0) is 10.7. The Kier molecular flexibility index (Phi) is 3.49. The third kappa shape index (κ3) is 3.40. The molecule has 0 aromatic heterocycles. The molecule has 15 heavy (non-hydrogen) atoms. The molecule has 1 fully saturated rings. The molecule has 0 amide bonds. The second kappa shape index (κ2) is 4.86. The van der Waals surface area contributed by atoms with Gasteiger partial charge in [0.1, 0.15) is 0 Å². The molecular weight excluding hydrogens is 208 g/mol. The van der Waals surface area contributed by atoms with Crippen molar-refractivity contribution >= 4 is 17.3 Å². The van der Waals surface area contributed by atoms with Crippen molar-refractivity contribution in [3.8, 4) is 0 Å². The van der Waals surface area contributed by atoms with Gasteiger partial charge in [0.25, 0.3) is 0 Å². The normalized spacial score (nSPS) is 15.5. The number of rotatable bonds is 5. The van der Waals surface area contributed by atoms with Crippen LogP contribution < -0.4 is 11.1 Å². The smallest absolute Gasteiger partial charge is 0.0638 e. The van der Waals surface area contributed by atoms with E-state index >= 15 is 0 Å².